The summed E-state index contributed by atoms with van der Waals surface area (Å²) in [7, 11) is 0. The van der Waals surface area contributed by atoms with Crippen LogP contribution in [0.1, 0.15) is 21.6 Å². The number of carbonyl (C=O) groups is 1. The Balaban J connectivity index is 2.31. The summed E-state index contributed by atoms with van der Waals surface area (Å²) in [4.78, 5) is 15.6. The number of aryl methyl sites for hydroxylation is 1. The van der Waals surface area contributed by atoms with Crippen molar-refractivity contribution < 1.29 is 23.1 Å². The number of hydrogen-bond donors (Lipinski definition) is 2. The standard InChI is InChI=1S/C14H11F3N2O2/c1-8-4-5-9(14(15,16)17)7-10(8)19-13(21)12-11(20)3-2-6-18-12/h2-7,20H,1H3,(H,19,21). The number of amides is 1. The minimum absolute atomic E-state index is 0.0138. The minimum atomic E-state index is -4.50. The molecule has 2 aromatic rings. The number of benzene rings is 1. The number of pyridine rings is 1. The first-order chi connectivity index (χ1) is 9.79. The van der Waals surface area contributed by atoms with Gasteiger partial charge in [-0.1, -0.05) is 6.07 Å². The summed E-state index contributed by atoms with van der Waals surface area (Å²) < 4.78 is 38.0. The molecule has 2 rings (SSSR count). The molecule has 0 aliphatic rings. The first kappa shape index (κ1) is 14.8. The maximum atomic E-state index is 12.7. The molecule has 1 amide bonds. The molecule has 0 saturated carbocycles. The van der Waals surface area contributed by atoms with E-state index in [-0.39, 0.29) is 17.1 Å². The van der Waals surface area contributed by atoms with Crippen LogP contribution in [0.3, 0.4) is 0 Å². The Hall–Kier alpha value is -2.57. The molecule has 0 atom stereocenters. The van der Waals surface area contributed by atoms with Gasteiger partial charge in [0.15, 0.2) is 5.69 Å². The summed E-state index contributed by atoms with van der Waals surface area (Å²) in [5.41, 5.74) is -0.644. The van der Waals surface area contributed by atoms with Crippen LogP contribution in [0.15, 0.2) is 36.5 Å². The first-order valence-electron chi connectivity index (χ1n) is 5.92. The van der Waals surface area contributed by atoms with Gasteiger partial charge in [-0.05, 0) is 36.8 Å². The fourth-order valence-corrected chi connectivity index (χ4v) is 1.69. The number of anilines is 1. The van der Waals surface area contributed by atoms with Crippen molar-refractivity contribution in [1.82, 2.24) is 4.98 Å². The zero-order valence-electron chi connectivity index (χ0n) is 10.9. The summed E-state index contributed by atoms with van der Waals surface area (Å²) in [5.74, 6) is -1.13. The average molecular weight is 296 g/mol. The van der Waals surface area contributed by atoms with Crippen LogP contribution >= 0.6 is 0 Å². The van der Waals surface area contributed by atoms with Gasteiger partial charge in [0.25, 0.3) is 5.91 Å². The predicted octanol–water partition coefficient (Wildman–Crippen LogP) is 3.37. The summed E-state index contributed by atoms with van der Waals surface area (Å²) in [6.45, 7) is 1.56. The molecule has 0 aliphatic carbocycles. The molecule has 0 aliphatic heterocycles. The normalized spacial score (nSPS) is 11.2. The number of hydrogen-bond acceptors (Lipinski definition) is 3. The molecular formula is C14H11F3N2O2. The van der Waals surface area contributed by atoms with Crippen LogP contribution in [0.25, 0.3) is 0 Å². The van der Waals surface area contributed by atoms with Gasteiger partial charge in [-0.3, -0.25) is 4.79 Å². The highest BCUT2D eigenvalue weighted by atomic mass is 19.4. The van der Waals surface area contributed by atoms with E-state index in [0.717, 1.165) is 12.1 Å². The lowest BCUT2D eigenvalue weighted by molar-refractivity contribution is -0.137. The van der Waals surface area contributed by atoms with Crippen molar-refractivity contribution in [3.05, 3.63) is 53.3 Å². The lowest BCUT2D eigenvalue weighted by atomic mass is 10.1. The molecule has 0 spiro atoms. The fourth-order valence-electron chi connectivity index (χ4n) is 1.69. The summed E-state index contributed by atoms with van der Waals surface area (Å²) in [6, 6.07) is 5.73. The molecule has 0 radical (unpaired) electrons. The molecular weight excluding hydrogens is 285 g/mol. The van der Waals surface area contributed by atoms with Gasteiger partial charge >= 0.3 is 6.18 Å². The number of halogens is 3. The number of carbonyl (C=O) groups excluding carboxylic acids is 1. The van der Waals surface area contributed by atoms with E-state index < -0.39 is 17.6 Å². The van der Waals surface area contributed by atoms with Crippen LogP contribution in [0, 0.1) is 6.92 Å². The molecule has 110 valence electrons. The molecule has 0 saturated heterocycles. The Morgan fingerprint density at radius 2 is 2.00 bits per heavy atom. The van der Waals surface area contributed by atoms with Crippen LogP contribution in [0.2, 0.25) is 0 Å². The van der Waals surface area contributed by atoms with Crippen molar-refractivity contribution in [3.63, 3.8) is 0 Å². The van der Waals surface area contributed by atoms with Gasteiger partial charge in [0, 0.05) is 11.9 Å². The highest BCUT2D eigenvalue weighted by molar-refractivity contribution is 6.05. The SMILES string of the molecule is Cc1ccc(C(F)(F)F)cc1NC(=O)c1ncccc1O. The zero-order chi connectivity index (χ0) is 15.6. The maximum Gasteiger partial charge on any atom is 0.416 e. The van der Waals surface area contributed by atoms with Crippen molar-refractivity contribution in [2.45, 2.75) is 13.1 Å². The van der Waals surface area contributed by atoms with E-state index in [4.69, 9.17) is 0 Å². The number of rotatable bonds is 2. The van der Waals surface area contributed by atoms with Crippen molar-refractivity contribution in [3.8, 4) is 5.75 Å². The van der Waals surface area contributed by atoms with E-state index in [2.05, 4.69) is 10.3 Å². The Morgan fingerprint density at radius 3 is 2.62 bits per heavy atom. The maximum absolute atomic E-state index is 12.7. The molecule has 21 heavy (non-hydrogen) atoms. The van der Waals surface area contributed by atoms with Crippen LogP contribution in [0.5, 0.6) is 5.75 Å². The third-order valence-corrected chi connectivity index (χ3v) is 2.81. The molecule has 1 aromatic carbocycles. The third-order valence-electron chi connectivity index (χ3n) is 2.81. The molecule has 1 heterocycles. The Kier molecular flexibility index (Phi) is 3.84. The predicted molar refractivity (Wildman–Crippen MR) is 70.0 cm³/mol. The van der Waals surface area contributed by atoms with E-state index >= 15 is 0 Å². The van der Waals surface area contributed by atoms with Crippen molar-refractivity contribution in [2.24, 2.45) is 0 Å². The monoisotopic (exact) mass is 296 g/mol. The van der Waals surface area contributed by atoms with Gasteiger partial charge in [0.2, 0.25) is 0 Å². The molecule has 1 aromatic heterocycles. The molecule has 0 bridgehead atoms. The van der Waals surface area contributed by atoms with Crippen LogP contribution in [0.4, 0.5) is 18.9 Å². The summed E-state index contributed by atoms with van der Waals surface area (Å²) in [5, 5.41) is 11.8. The van der Waals surface area contributed by atoms with Crippen molar-refractivity contribution in [2.75, 3.05) is 5.32 Å². The second kappa shape index (κ2) is 5.43. The lowest BCUT2D eigenvalue weighted by Crippen LogP contribution is -2.15. The van der Waals surface area contributed by atoms with E-state index in [1.54, 1.807) is 6.92 Å². The minimum Gasteiger partial charge on any atom is -0.505 e. The molecule has 4 nitrogen and oxygen atoms in total. The molecule has 0 fully saturated rings. The number of aromatic nitrogens is 1. The van der Waals surface area contributed by atoms with Crippen LogP contribution < -0.4 is 5.32 Å². The number of aromatic hydroxyl groups is 1. The van der Waals surface area contributed by atoms with Gasteiger partial charge in [-0.2, -0.15) is 13.2 Å². The number of nitrogens with zero attached hydrogens (tertiary/aromatic N) is 1. The first-order valence-corrected chi connectivity index (χ1v) is 5.92. The van der Waals surface area contributed by atoms with E-state index in [9.17, 15) is 23.1 Å². The highest BCUT2D eigenvalue weighted by Gasteiger charge is 2.31. The molecule has 7 heteroatoms. The Bertz CT molecular complexity index is 684. The quantitative estimate of drug-likeness (QED) is 0.893. The smallest absolute Gasteiger partial charge is 0.416 e. The molecule has 0 unspecified atom stereocenters. The van der Waals surface area contributed by atoms with E-state index in [1.807, 2.05) is 0 Å². The number of alkyl halides is 3. The number of nitrogens with one attached hydrogen (secondary N) is 1. The second-order valence-corrected chi connectivity index (χ2v) is 4.35. The van der Waals surface area contributed by atoms with Gasteiger partial charge in [-0.25, -0.2) is 4.98 Å². The van der Waals surface area contributed by atoms with Crippen LogP contribution in [-0.4, -0.2) is 16.0 Å². The Labute approximate surface area is 118 Å². The topological polar surface area (TPSA) is 62.2 Å². The van der Waals surface area contributed by atoms with E-state index in [1.165, 1.54) is 24.4 Å². The van der Waals surface area contributed by atoms with Gasteiger partial charge < -0.3 is 10.4 Å². The summed E-state index contributed by atoms with van der Waals surface area (Å²) in [6.07, 6.45) is -3.20. The zero-order valence-corrected chi connectivity index (χ0v) is 10.9. The summed E-state index contributed by atoms with van der Waals surface area (Å²) >= 11 is 0. The lowest BCUT2D eigenvalue weighted by Gasteiger charge is -2.12. The highest BCUT2D eigenvalue weighted by Crippen LogP contribution is 2.32. The van der Waals surface area contributed by atoms with E-state index in [0.29, 0.717) is 5.56 Å². The van der Waals surface area contributed by atoms with Crippen LogP contribution in [-0.2, 0) is 6.18 Å². The Morgan fingerprint density at radius 1 is 1.29 bits per heavy atom. The largest absolute Gasteiger partial charge is 0.505 e. The van der Waals surface area contributed by atoms with Crippen molar-refractivity contribution >= 4 is 11.6 Å². The molecule has 2 N–H and O–H groups in total. The van der Waals surface area contributed by atoms with Crippen molar-refractivity contribution in [1.29, 1.82) is 0 Å². The van der Waals surface area contributed by atoms with Gasteiger partial charge in [0.05, 0.1) is 5.56 Å². The van der Waals surface area contributed by atoms with Gasteiger partial charge in [-0.15, -0.1) is 0 Å². The second-order valence-electron chi connectivity index (χ2n) is 4.35. The fraction of sp³-hybridized carbons (Fsp3) is 0.143. The average Bonchev–Trinajstić information content (AvgIpc) is 2.40. The van der Waals surface area contributed by atoms with Gasteiger partial charge in [0.1, 0.15) is 5.75 Å². The third kappa shape index (κ3) is 3.31.